The molecular formula is C17H21Cl2NO6S. The highest BCUT2D eigenvalue weighted by molar-refractivity contribution is 7.86. The number of morpholine rings is 1. The summed E-state index contributed by atoms with van der Waals surface area (Å²) in [6.07, 6.45) is 0.265. The van der Waals surface area contributed by atoms with E-state index in [1.807, 2.05) is 0 Å². The Labute approximate surface area is 168 Å². The first kappa shape index (κ1) is 20.7. The van der Waals surface area contributed by atoms with Gasteiger partial charge in [-0.2, -0.15) is 8.42 Å². The SMILES string of the molecule is COc1ccc(Cl)c(Cl)c1[C@@H]1CCN2C(=O)C(CS(=O)(=O)OC)OC[C@@H]2C1. The lowest BCUT2D eigenvalue weighted by Crippen LogP contribution is -2.58. The fraction of sp³-hybridized carbons (Fsp3) is 0.588. The normalized spacial score (nSPS) is 26.0. The Balaban J connectivity index is 1.77. The van der Waals surface area contributed by atoms with Crippen molar-refractivity contribution in [3.05, 3.63) is 27.7 Å². The zero-order chi connectivity index (χ0) is 19.8. The molecule has 0 aliphatic carbocycles. The molecule has 1 aromatic rings. The van der Waals surface area contributed by atoms with Crippen molar-refractivity contribution in [2.75, 3.05) is 33.1 Å². The molecule has 0 radical (unpaired) electrons. The summed E-state index contributed by atoms with van der Waals surface area (Å²) in [4.78, 5) is 14.3. The summed E-state index contributed by atoms with van der Waals surface area (Å²) in [5, 5.41) is 0.914. The Morgan fingerprint density at radius 3 is 2.70 bits per heavy atom. The van der Waals surface area contributed by atoms with Gasteiger partial charge in [-0.15, -0.1) is 0 Å². The molecule has 2 heterocycles. The highest BCUT2D eigenvalue weighted by Crippen LogP contribution is 2.44. The van der Waals surface area contributed by atoms with Crippen molar-refractivity contribution in [2.45, 2.75) is 30.9 Å². The summed E-state index contributed by atoms with van der Waals surface area (Å²) in [5.74, 6) is -0.0874. The van der Waals surface area contributed by atoms with E-state index in [1.54, 1.807) is 24.1 Å². The van der Waals surface area contributed by atoms with Gasteiger partial charge in [0.05, 0.1) is 36.9 Å². The average Bonchev–Trinajstić information content (AvgIpc) is 2.65. The monoisotopic (exact) mass is 437 g/mol. The van der Waals surface area contributed by atoms with Crippen LogP contribution in [0, 0.1) is 0 Å². The van der Waals surface area contributed by atoms with Gasteiger partial charge >= 0.3 is 0 Å². The lowest BCUT2D eigenvalue weighted by atomic mass is 9.84. The molecule has 0 N–H and O–H groups in total. The maximum atomic E-state index is 12.6. The molecule has 2 saturated heterocycles. The van der Waals surface area contributed by atoms with Gasteiger partial charge in [0.25, 0.3) is 16.0 Å². The second kappa shape index (κ2) is 8.13. The lowest BCUT2D eigenvalue weighted by Gasteiger charge is -2.44. The molecule has 3 atom stereocenters. The summed E-state index contributed by atoms with van der Waals surface area (Å²) in [7, 11) is -1.14. The van der Waals surface area contributed by atoms with Gasteiger partial charge in [-0.3, -0.25) is 8.98 Å². The van der Waals surface area contributed by atoms with Crippen LogP contribution in [-0.4, -0.2) is 64.5 Å². The number of benzene rings is 1. The van der Waals surface area contributed by atoms with Gasteiger partial charge in [-0.1, -0.05) is 23.2 Å². The number of hydrogen-bond acceptors (Lipinski definition) is 6. The lowest BCUT2D eigenvalue weighted by molar-refractivity contribution is -0.160. The smallest absolute Gasteiger partial charge is 0.270 e. The molecule has 27 heavy (non-hydrogen) atoms. The molecule has 1 amide bonds. The number of rotatable bonds is 5. The maximum absolute atomic E-state index is 12.6. The number of fused-ring (bicyclic) bond motifs is 1. The molecule has 3 rings (SSSR count). The van der Waals surface area contributed by atoms with Crippen LogP contribution in [0.5, 0.6) is 5.75 Å². The quantitative estimate of drug-likeness (QED) is 0.657. The van der Waals surface area contributed by atoms with Crippen LogP contribution in [0.3, 0.4) is 0 Å². The van der Waals surface area contributed by atoms with E-state index < -0.39 is 22.0 Å². The molecule has 2 aliphatic rings. The molecule has 7 nitrogen and oxygen atoms in total. The molecule has 10 heteroatoms. The Morgan fingerprint density at radius 1 is 1.30 bits per heavy atom. The summed E-state index contributed by atoms with van der Waals surface area (Å²) in [5.41, 5.74) is 0.836. The standard InChI is InChI=1S/C17H21Cl2NO6S/c1-24-13-4-3-12(18)16(19)15(13)10-5-6-20-11(7-10)8-26-14(17(20)21)9-27(22,23)25-2/h3-4,10-11,14H,5-9H2,1-2H3/t10-,11+,14?/m1/s1. The first-order chi connectivity index (χ1) is 12.8. The fourth-order valence-corrected chi connectivity index (χ4v) is 4.95. The zero-order valence-corrected chi connectivity index (χ0v) is 17.3. The molecule has 150 valence electrons. The highest BCUT2D eigenvalue weighted by atomic mass is 35.5. The predicted molar refractivity (Wildman–Crippen MR) is 101 cm³/mol. The molecule has 0 aromatic heterocycles. The molecular weight excluding hydrogens is 417 g/mol. The highest BCUT2D eigenvalue weighted by Gasteiger charge is 2.42. The minimum Gasteiger partial charge on any atom is -0.496 e. The molecule has 1 aromatic carbocycles. The summed E-state index contributed by atoms with van der Waals surface area (Å²) < 4.78 is 38.7. The summed E-state index contributed by atoms with van der Waals surface area (Å²) in [6.45, 7) is 0.736. The molecule has 0 saturated carbocycles. The second-order valence-corrected chi connectivity index (χ2v) is 9.16. The van der Waals surface area contributed by atoms with Gasteiger partial charge in [-0.05, 0) is 30.9 Å². The van der Waals surface area contributed by atoms with E-state index in [2.05, 4.69) is 4.18 Å². The summed E-state index contributed by atoms with van der Waals surface area (Å²) in [6, 6.07) is 3.32. The van der Waals surface area contributed by atoms with Crippen LogP contribution in [-0.2, 0) is 23.8 Å². The number of carbonyl (C=O) groups is 1. The van der Waals surface area contributed by atoms with Gasteiger partial charge in [0, 0.05) is 12.1 Å². The number of amides is 1. The first-order valence-corrected chi connectivity index (χ1v) is 10.8. The number of methoxy groups -OCH3 is 1. The van der Waals surface area contributed by atoms with Crippen LogP contribution in [0.4, 0.5) is 0 Å². The van der Waals surface area contributed by atoms with E-state index in [9.17, 15) is 13.2 Å². The van der Waals surface area contributed by atoms with Crippen LogP contribution in [0.1, 0.15) is 24.3 Å². The number of carbonyl (C=O) groups excluding carboxylic acids is 1. The number of hydrogen-bond donors (Lipinski definition) is 0. The van der Waals surface area contributed by atoms with Crippen molar-refractivity contribution in [1.82, 2.24) is 4.90 Å². The van der Waals surface area contributed by atoms with Gasteiger partial charge in [0.15, 0.2) is 6.10 Å². The topological polar surface area (TPSA) is 82.1 Å². The van der Waals surface area contributed by atoms with Crippen molar-refractivity contribution in [3.8, 4) is 5.75 Å². The molecule has 2 aliphatic heterocycles. The summed E-state index contributed by atoms with van der Waals surface area (Å²) >= 11 is 12.6. The van der Waals surface area contributed by atoms with Gasteiger partial charge in [0.2, 0.25) is 0 Å². The molecule has 0 spiro atoms. The van der Waals surface area contributed by atoms with Crippen LogP contribution in [0.2, 0.25) is 10.0 Å². The van der Waals surface area contributed by atoms with Crippen molar-refractivity contribution < 1.29 is 26.9 Å². The number of halogens is 2. The Morgan fingerprint density at radius 2 is 2.04 bits per heavy atom. The molecule has 1 unspecified atom stereocenters. The third kappa shape index (κ3) is 4.19. The van der Waals surface area contributed by atoms with E-state index in [0.29, 0.717) is 35.2 Å². The number of ether oxygens (including phenoxy) is 2. The van der Waals surface area contributed by atoms with E-state index in [4.69, 9.17) is 32.7 Å². The van der Waals surface area contributed by atoms with Crippen LogP contribution >= 0.6 is 23.2 Å². The maximum Gasteiger partial charge on any atom is 0.270 e. The van der Waals surface area contributed by atoms with Crippen LogP contribution in [0.25, 0.3) is 0 Å². The van der Waals surface area contributed by atoms with Crippen LogP contribution < -0.4 is 4.74 Å². The van der Waals surface area contributed by atoms with Gasteiger partial charge in [0.1, 0.15) is 11.5 Å². The van der Waals surface area contributed by atoms with Crippen molar-refractivity contribution in [1.29, 1.82) is 0 Å². The molecule has 0 bridgehead atoms. The zero-order valence-electron chi connectivity index (χ0n) is 15.0. The van der Waals surface area contributed by atoms with Crippen LogP contribution in [0.15, 0.2) is 12.1 Å². The number of piperidine rings is 1. The van der Waals surface area contributed by atoms with Gasteiger partial charge in [-0.25, -0.2) is 0 Å². The van der Waals surface area contributed by atoms with Crippen molar-refractivity contribution in [2.24, 2.45) is 0 Å². The average molecular weight is 438 g/mol. The first-order valence-electron chi connectivity index (χ1n) is 8.49. The predicted octanol–water partition coefficient (Wildman–Crippen LogP) is 2.45. The van der Waals surface area contributed by atoms with Crippen molar-refractivity contribution in [3.63, 3.8) is 0 Å². The van der Waals surface area contributed by atoms with Gasteiger partial charge < -0.3 is 14.4 Å². The van der Waals surface area contributed by atoms with Crippen molar-refractivity contribution >= 4 is 39.2 Å². The third-order valence-electron chi connectivity index (χ3n) is 5.09. The molecule has 2 fully saturated rings. The Bertz CT molecular complexity index is 831. The largest absolute Gasteiger partial charge is 0.496 e. The van der Waals surface area contributed by atoms with E-state index >= 15 is 0 Å². The Kier molecular flexibility index (Phi) is 6.22. The fourth-order valence-electron chi connectivity index (χ4n) is 3.72. The van der Waals surface area contributed by atoms with E-state index in [0.717, 1.165) is 12.7 Å². The number of nitrogens with zero attached hydrogens (tertiary/aromatic N) is 1. The minimum atomic E-state index is -3.78. The third-order valence-corrected chi connectivity index (χ3v) is 7.13. The minimum absolute atomic E-state index is 0.0584. The van der Waals surface area contributed by atoms with E-state index in [-0.39, 0.29) is 24.5 Å². The second-order valence-electron chi connectivity index (χ2n) is 6.60. The van der Waals surface area contributed by atoms with E-state index in [1.165, 1.54) is 0 Å². The Hall–Kier alpha value is -1.06.